The zero-order chi connectivity index (χ0) is 15.6. The molecule has 7 heteroatoms. The van der Waals surface area contributed by atoms with Gasteiger partial charge in [0.15, 0.2) is 5.65 Å². The molecule has 4 rings (SSSR count). The van der Waals surface area contributed by atoms with Gasteiger partial charge in [0, 0.05) is 38.0 Å². The average Bonchev–Trinajstić information content (AvgIpc) is 3.24. The van der Waals surface area contributed by atoms with Gasteiger partial charge in [0.1, 0.15) is 17.5 Å². The zero-order valence-electron chi connectivity index (χ0n) is 12.8. The van der Waals surface area contributed by atoms with Crippen LogP contribution in [0.3, 0.4) is 0 Å². The largest absolute Gasteiger partial charge is 0.384 e. The Morgan fingerprint density at radius 2 is 2.00 bits per heavy atom. The normalized spacial score (nSPS) is 14.5. The maximum Gasteiger partial charge on any atom is 0.159 e. The van der Waals surface area contributed by atoms with E-state index in [-0.39, 0.29) is 0 Å². The van der Waals surface area contributed by atoms with Crippen LogP contribution in [0.4, 0.5) is 17.5 Å². The Morgan fingerprint density at radius 1 is 1.13 bits per heavy atom. The lowest BCUT2D eigenvalue weighted by atomic mass is 10.2. The fraction of sp³-hybridized carbons (Fsp3) is 0.312. The highest BCUT2D eigenvalue weighted by Crippen LogP contribution is 2.19. The summed E-state index contributed by atoms with van der Waals surface area (Å²) in [6.45, 7) is 2.87. The van der Waals surface area contributed by atoms with Crippen molar-refractivity contribution < 1.29 is 0 Å². The molecule has 1 aliphatic heterocycles. The molecule has 0 radical (unpaired) electrons. The Labute approximate surface area is 134 Å². The standard InChI is InChI=1S/C16H19N7/c17-13-10-16(23-14(21-13)4-6-20-23)19-11-12-3-5-18-15(9-12)22-7-1-2-8-22/h3-6,9-10,19H,1-2,7-8,11H2,(H2,17,21). The predicted octanol–water partition coefficient (Wildman–Crippen LogP) is 1.92. The molecule has 1 fully saturated rings. The number of nitrogens with one attached hydrogen (secondary N) is 1. The minimum atomic E-state index is 0.480. The van der Waals surface area contributed by atoms with Crippen LogP contribution in [0, 0.1) is 0 Å². The summed E-state index contributed by atoms with van der Waals surface area (Å²) in [5.41, 5.74) is 7.77. The SMILES string of the molecule is Nc1cc(NCc2ccnc(N3CCCC3)c2)n2nccc2n1. The van der Waals surface area contributed by atoms with Crippen LogP contribution in [-0.2, 0) is 6.54 Å². The van der Waals surface area contributed by atoms with Crippen LogP contribution >= 0.6 is 0 Å². The third kappa shape index (κ3) is 2.77. The lowest BCUT2D eigenvalue weighted by molar-refractivity contribution is 0.918. The van der Waals surface area contributed by atoms with Crippen molar-refractivity contribution in [3.63, 3.8) is 0 Å². The monoisotopic (exact) mass is 309 g/mol. The Hall–Kier alpha value is -2.83. The summed E-state index contributed by atoms with van der Waals surface area (Å²) < 4.78 is 1.75. The van der Waals surface area contributed by atoms with Gasteiger partial charge in [-0.2, -0.15) is 9.61 Å². The summed E-state index contributed by atoms with van der Waals surface area (Å²) in [5.74, 6) is 2.37. The van der Waals surface area contributed by atoms with Crippen molar-refractivity contribution in [1.82, 2.24) is 19.6 Å². The first-order valence-corrected chi connectivity index (χ1v) is 7.83. The molecule has 0 amide bonds. The molecule has 0 bridgehead atoms. The highest BCUT2D eigenvalue weighted by Gasteiger charge is 2.13. The van der Waals surface area contributed by atoms with Gasteiger partial charge in [-0.05, 0) is 30.5 Å². The van der Waals surface area contributed by atoms with Crippen LogP contribution in [0.15, 0.2) is 36.7 Å². The Kier molecular flexibility index (Phi) is 3.45. The van der Waals surface area contributed by atoms with Crippen molar-refractivity contribution in [2.24, 2.45) is 0 Å². The van der Waals surface area contributed by atoms with Crippen LogP contribution in [0.5, 0.6) is 0 Å². The summed E-state index contributed by atoms with van der Waals surface area (Å²) in [6, 6.07) is 7.79. The number of pyridine rings is 1. The first-order valence-electron chi connectivity index (χ1n) is 7.83. The molecule has 3 aromatic heterocycles. The number of nitrogens with two attached hydrogens (primary N) is 1. The van der Waals surface area contributed by atoms with Gasteiger partial charge in [0.25, 0.3) is 0 Å². The Bertz CT molecular complexity index is 820. The quantitative estimate of drug-likeness (QED) is 0.766. The molecule has 1 aliphatic rings. The zero-order valence-corrected chi connectivity index (χ0v) is 12.8. The summed E-state index contributed by atoms with van der Waals surface area (Å²) in [6.07, 6.45) is 6.08. The molecule has 0 aliphatic carbocycles. The van der Waals surface area contributed by atoms with Gasteiger partial charge >= 0.3 is 0 Å². The first kappa shape index (κ1) is 13.8. The Morgan fingerprint density at radius 3 is 2.87 bits per heavy atom. The number of anilines is 3. The third-order valence-electron chi connectivity index (χ3n) is 4.09. The molecule has 23 heavy (non-hydrogen) atoms. The van der Waals surface area contributed by atoms with Crippen molar-refractivity contribution in [3.8, 4) is 0 Å². The third-order valence-corrected chi connectivity index (χ3v) is 4.09. The molecule has 118 valence electrons. The molecule has 4 heterocycles. The van der Waals surface area contributed by atoms with E-state index in [1.807, 2.05) is 18.3 Å². The molecule has 3 aromatic rings. The maximum absolute atomic E-state index is 5.85. The van der Waals surface area contributed by atoms with E-state index in [9.17, 15) is 0 Å². The van der Waals surface area contributed by atoms with Crippen molar-refractivity contribution in [1.29, 1.82) is 0 Å². The fourth-order valence-electron chi connectivity index (χ4n) is 2.94. The number of nitrogen functional groups attached to an aromatic ring is 1. The number of aromatic nitrogens is 4. The smallest absolute Gasteiger partial charge is 0.159 e. The summed E-state index contributed by atoms with van der Waals surface area (Å²) in [4.78, 5) is 11.1. The molecular weight excluding hydrogens is 290 g/mol. The van der Waals surface area contributed by atoms with Gasteiger partial charge in [-0.1, -0.05) is 0 Å². The second-order valence-electron chi connectivity index (χ2n) is 5.74. The average molecular weight is 309 g/mol. The highest BCUT2D eigenvalue weighted by atomic mass is 15.3. The predicted molar refractivity (Wildman–Crippen MR) is 90.4 cm³/mol. The minimum absolute atomic E-state index is 0.480. The molecular formula is C16H19N7. The number of hydrogen-bond acceptors (Lipinski definition) is 6. The maximum atomic E-state index is 5.85. The van der Waals surface area contributed by atoms with E-state index in [1.165, 1.54) is 18.4 Å². The van der Waals surface area contributed by atoms with Gasteiger partial charge in [-0.15, -0.1) is 0 Å². The minimum Gasteiger partial charge on any atom is -0.384 e. The van der Waals surface area contributed by atoms with Crippen LogP contribution < -0.4 is 16.0 Å². The second-order valence-corrected chi connectivity index (χ2v) is 5.74. The highest BCUT2D eigenvalue weighted by molar-refractivity contribution is 5.55. The van der Waals surface area contributed by atoms with Crippen molar-refractivity contribution in [3.05, 3.63) is 42.2 Å². The number of nitrogens with zero attached hydrogens (tertiary/aromatic N) is 5. The number of rotatable bonds is 4. The van der Waals surface area contributed by atoms with Crippen LogP contribution in [0.25, 0.3) is 5.65 Å². The molecule has 7 nitrogen and oxygen atoms in total. The van der Waals surface area contributed by atoms with E-state index >= 15 is 0 Å². The summed E-state index contributed by atoms with van der Waals surface area (Å²) in [7, 11) is 0. The van der Waals surface area contributed by atoms with E-state index < -0.39 is 0 Å². The van der Waals surface area contributed by atoms with Crippen molar-refractivity contribution >= 4 is 23.1 Å². The van der Waals surface area contributed by atoms with Gasteiger partial charge in [0.05, 0.1) is 6.20 Å². The van der Waals surface area contributed by atoms with E-state index in [2.05, 4.69) is 31.3 Å². The fourth-order valence-corrected chi connectivity index (χ4v) is 2.94. The molecule has 0 atom stereocenters. The van der Waals surface area contributed by atoms with E-state index in [0.717, 1.165) is 30.4 Å². The first-order chi connectivity index (χ1) is 11.3. The van der Waals surface area contributed by atoms with E-state index in [1.54, 1.807) is 16.8 Å². The number of hydrogen-bond donors (Lipinski definition) is 2. The molecule has 0 aromatic carbocycles. The van der Waals surface area contributed by atoms with Gasteiger partial charge in [-0.25, -0.2) is 9.97 Å². The van der Waals surface area contributed by atoms with Crippen LogP contribution in [0.2, 0.25) is 0 Å². The molecule has 0 unspecified atom stereocenters. The van der Waals surface area contributed by atoms with Gasteiger partial charge in [0.2, 0.25) is 0 Å². The second kappa shape index (κ2) is 5.75. The van der Waals surface area contributed by atoms with Crippen molar-refractivity contribution in [2.75, 3.05) is 29.0 Å². The lowest BCUT2D eigenvalue weighted by Gasteiger charge is -2.17. The molecule has 3 N–H and O–H groups in total. The van der Waals surface area contributed by atoms with Gasteiger partial charge < -0.3 is 16.0 Å². The summed E-state index contributed by atoms with van der Waals surface area (Å²) in [5, 5.41) is 7.65. The summed E-state index contributed by atoms with van der Waals surface area (Å²) >= 11 is 0. The van der Waals surface area contributed by atoms with Gasteiger partial charge in [-0.3, -0.25) is 0 Å². The lowest BCUT2D eigenvalue weighted by Crippen LogP contribution is -2.19. The van der Waals surface area contributed by atoms with Crippen molar-refractivity contribution in [2.45, 2.75) is 19.4 Å². The molecule has 1 saturated heterocycles. The molecule has 0 spiro atoms. The van der Waals surface area contributed by atoms with Crippen LogP contribution in [-0.4, -0.2) is 32.7 Å². The number of fused-ring (bicyclic) bond motifs is 1. The Balaban J connectivity index is 1.54. The molecule has 0 saturated carbocycles. The van der Waals surface area contributed by atoms with E-state index in [0.29, 0.717) is 12.4 Å². The van der Waals surface area contributed by atoms with E-state index in [4.69, 9.17) is 5.73 Å². The topological polar surface area (TPSA) is 84.4 Å². The van der Waals surface area contributed by atoms with Crippen LogP contribution in [0.1, 0.15) is 18.4 Å².